The first-order chi connectivity index (χ1) is 14.2. The van der Waals surface area contributed by atoms with Gasteiger partial charge in [-0.25, -0.2) is 0 Å². The molecule has 3 rings (SSSR count). The van der Waals surface area contributed by atoms with Gasteiger partial charge in [0.1, 0.15) is 0 Å². The molecular formula is C24H33IN4O. The average molecular weight is 520 g/mol. The number of ether oxygens (including phenoxy) is 1. The number of anilines is 1. The summed E-state index contributed by atoms with van der Waals surface area (Å²) in [5, 5.41) is 6.80. The molecule has 1 aliphatic heterocycles. The molecule has 0 saturated carbocycles. The summed E-state index contributed by atoms with van der Waals surface area (Å²) in [6.45, 7) is 7.08. The molecule has 1 heterocycles. The average Bonchev–Trinajstić information content (AvgIpc) is 3.30. The second kappa shape index (κ2) is 13.3. The Hall–Kier alpha value is -2.06. The van der Waals surface area contributed by atoms with E-state index in [1.165, 1.54) is 16.8 Å². The third-order valence-corrected chi connectivity index (χ3v) is 4.91. The molecule has 162 valence electrons. The van der Waals surface area contributed by atoms with Crippen molar-refractivity contribution in [2.75, 3.05) is 38.2 Å². The van der Waals surface area contributed by atoms with Crippen molar-refractivity contribution < 1.29 is 4.74 Å². The molecule has 0 aromatic heterocycles. The maximum absolute atomic E-state index is 5.83. The third kappa shape index (κ3) is 7.99. The molecule has 0 aliphatic carbocycles. The van der Waals surface area contributed by atoms with Crippen LogP contribution in [0.4, 0.5) is 5.69 Å². The highest BCUT2D eigenvalue weighted by atomic mass is 127. The normalized spacial score (nSPS) is 14.3. The van der Waals surface area contributed by atoms with Crippen molar-refractivity contribution >= 4 is 35.6 Å². The molecule has 1 aliphatic rings. The summed E-state index contributed by atoms with van der Waals surface area (Å²) in [7, 11) is 1.80. The highest BCUT2D eigenvalue weighted by Gasteiger charge is 2.09. The summed E-state index contributed by atoms with van der Waals surface area (Å²) in [6, 6.07) is 18.9. The van der Waals surface area contributed by atoms with Gasteiger partial charge in [0, 0.05) is 38.9 Å². The molecule has 6 heteroatoms. The van der Waals surface area contributed by atoms with Crippen molar-refractivity contribution in [3.8, 4) is 0 Å². The summed E-state index contributed by atoms with van der Waals surface area (Å²) in [4.78, 5) is 6.69. The lowest BCUT2D eigenvalue weighted by Gasteiger charge is -2.19. The van der Waals surface area contributed by atoms with Crippen molar-refractivity contribution in [2.24, 2.45) is 10.9 Å². The summed E-state index contributed by atoms with van der Waals surface area (Å²) in [6.07, 6.45) is 4.42. The summed E-state index contributed by atoms with van der Waals surface area (Å²) < 4.78 is 5.83. The standard InChI is InChI=1S/C24H32N4O.HI/c1-20(18-29-19-21-9-4-3-5-10-21)16-26-24(25-2)27-17-22-11-8-12-23(15-22)28-13-6-7-14-28;/h3-12,15,20H,13-14,16-19H2,1-2H3,(H2,25,26,27);1H. The van der Waals surface area contributed by atoms with E-state index in [1.807, 2.05) is 18.2 Å². The lowest BCUT2D eigenvalue weighted by molar-refractivity contribution is 0.0931. The van der Waals surface area contributed by atoms with E-state index in [0.29, 0.717) is 19.1 Å². The lowest BCUT2D eigenvalue weighted by Crippen LogP contribution is -2.39. The van der Waals surface area contributed by atoms with Gasteiger partial charge in [0.25, 0.3) is 0 Å². The molecule has 0 amide bonds. The number of halogens is 1. The molecule has 2 aromatic rings. The van der Waals surface area contributed by atoms with Crippen molar-refractivity contribution in [3.63, 3.8) is 0 Å². The number of aliphatic imine (C=N–C) groups is 1. The van der Waals surface area contributed by atoms with Crippen LogP contribution in [0.5, 0.6) is 0 Å². The smallest absolute Gasteiger partial charge is 0.191 e. The van der Waals surface area contributed by atoms with Crippen LogP contribution in [0.1, 0.15) is 18.1 Å². The fraction of sp³-hybridized carbons (Fsp3) is 0.375. The molecular weight excluding hydrogens is 487 g/mol. The van der Waals surface area contributed by atoms with Crippen LogP contribution in [0.3, 0.4) is 0 Å². The molecule has 2 N–H and O–H groups in total. The van der Waals surface area contributed by atoms with Gasteiger partial charge in [-0.15, -0.1) is 24.0 Å². The van der Waals surface area contributed by atoms with E-state index in [1.54, 1.807) is 7.05 Å². The summed E-state index contributed by atoms with van der Waals surface area (Å²) >= 11 is 0. The Morgan fingerprint density at radius 3 is 2.50 bits per heavy atom. The van der Waals surface area contributed by atoms with E-state index in [0.717, 1.165) is 32.1 Å². The Bertz CT molecular complexity index is 802. The number of guanidine groups is 1. The van der Waals surface area contributed by atoms with Crippen LogP contribution in [0.25, 0.3) is 0 Å². The Balaban J connectivity index is 0.00000320. The molecule has 1 unspecified atom stereocenters. The van der Waals surface area contributed by atoms with Crippen molar-refractivity contribution in [1.29, 1.82) is 0 Å². The summed E-state index contributed by atoms with van der Waals surface area (Å²) in [5.41, 5.74) is 3.72. The highest BCUT2D eigenvalue weighted by molar-refractivity contribution is 14.0. The molecule has 5 nitrogen and oxygen atoms in total. The second-order valence-electron chi connectivity index (χ2n) is 7.46. The second-order valence-corrected chi connectivity index (χ2v) is 7.46. The summed E-state index contributed by atoms with van der Waals surface area (Å²) in [5.74, 6) is 1.21. The molecule has 1 atom stereocenters. The van der Waals surface area contributed by atoms with Crippen LogP contribution in [-0.4, -0.2) is 39.2 Å². The number of rotatable bonds is 9. The van der Waals surface area contributed by atoms with Crippen LogP contribution < -0.4 is 15.5 Å². The number of nitrogens with one attached hydrogen (secondary N) is 2. The third-order valence-electron chi connectivity index (χ3n) is 4.91. The Labute approximate surface area is 197 Å². The van der Waals surface area contributed by atoms with Crippen LogP contribution in [0.15, 0.2) is 71.7 Å². The quantitative estimate of drug-likeness (QED) is 0.225. The van der Waals surface area contributed by atoms with E-state index >= 15 is 0 Å². The first-order valence-corrected chi connectivity index (χ1v) is 10.3. The Morgan fingerprint density at radius 1 is 1.03 bits per heavy atom. The van der Waals surface area contributed by atoms with Crippen LogP contribution in [0.2, 0.25) is 0 Å². The zero-order valence-corrected chi connectivity index (χ0v) is 20.2. The number of hydrogen-bond acceptors (Lipinski definition) is 3. The number of benzene rings is 2. The van der Waals surface area contributed by atoms with Crippen LogP contribution in [-0.2, 0) is 17.9 Å². The van der Waals surface area contributed by atoms with Gasteiger partial charge in [-0.1, -0.05) is 61.5 Å². The van der Waals surface area contributed by atoms with Gasteiger partial charge in [-0.2, -0.15) is 0 Å². The van der Waals surface area contributed by atoms with Crippen molar-refractivity contribution in [1.82, 2.24) is 10.6 Å². The minimum atomic E-state index is 0. The fourth-order valence-corrected chi connectivity index (χ4v) is 3.24. The lowest BCUT2D eigenvalue weighted by atomic mass is 10.2. The van der Waals surface area contributed by atoms with E-state index in [9.17, 15) is 0 Å². The van der Waals surface area contributed by atoms with E-state index in [2.05, 4.69) is 76.0 Å². The monoisotopic (exact) mass is 520 g/mol. The van der Waals surface area contributed by atoms with E-state index < -0.39 is 0 Å². The molecule has 30 heavy (non-hydrogen) atoms. The maximum atomic E-state index is 5.83. The van der Waals surface area contributed by atoms with Gasteiger partial charge in [-0.3, -0.25) is 4.99 Å². The van der Waals surface area contributed by atoms with Crippen molar-refractivity contribution in [2.45, 2.75) is 20.1 Å². The number of nitrogens with zero attached hydrogens (tertiary/aromatic N) is 2. The zero-order chi connectivity index (χ0) is 20.3. The predicted octanol–water partition coefficient (Wildman–Crippen LogP) is 4.20. The topological polar surface area (TPSA) is 48.9 Å². The molecule has 2 aromatic carbocycles. The van der Waals surface area contributed by atoms with E-state index in [-0.39, 0.29) is 24.0 Å². The van der Waals surface area contributed by atoms with Gasteiger partial charge in [0.05, 0.1) is 13.2 Å². The number of hydrogen-bond donors (Lipinski definition) is 2. The van der Waals surface area contributed by atoms with Crippen LogP contribution >= 0.6 is 24.0 Å². The predicted molar refractivity (Wildman–Crippen MR) is 137 cm³/mol. The van der Waals surface area contributed by atoms with Gasteiger partial charge in [0.2, 0.25) is 0 Å². The minimum Gasteiger partial charge on any atom is -0.376 e. The molecule has 0 bridgehead atoms. The molecule has 0 spiro atoms. The van der Waals surface area contributed by atoms with Crippen molar-refractivity contribution in [3.05, 3.63) is 77.9 Å². The molecule has 0 radical (unpaired) electrons. The Morgan fingerprint density at radius 2 is 1.77 bits per heavy atom. The zero-order valence-electron chi connectivity index (χ0n) is 17.9. The fourth-order valence-electron chi connectivity index (χ4n) is 3.24. The highest BCUT2D eigenvalue weighted by Crippen LogP contribution is 2.18. The minimum absolute atomic E-state index is 0. The largest absolute Gasteiger partial charge is 0.376 e. The SMILES string of the molecule is CN=C(NCc1cccc(N2CC=CC2)c1)NCC(C)COCc1ccccc1.I. The van der Waals surface area contributed by atoms with Gasteiger partial charge >= 0.3 is 0 Å². The maximum Gasteiger partial charge on any atom is 0.191 e. The molecule has 0 fully saturated rings. The molecule has 0 saturated heterocycles. The first-order valence-electron chi connectivity index (χ1n) is 10.3. The van der Waals surface area contributed by atoms with Crippen LogP contribution in [0, 0.1) is 5.92 Å². The van der Waals surface area contributed by atoms with Gasteiger partial charge in [-0.05, 0) is 29.2 Å². The Kier molecular flexibility index (Phi) is 10.7. The first kappa shape index (κ1) is 24.2. The van der Waals surface area contributed by atoms with E-state index in [4.69, 9.17) is 4.74 Å². The van der Waals surface area contributed by atoms with Gasteiger partial charge < -0.3 is 20.3 Å². The van der Waals surface area contributed by atoms with Gasteiger partial charge in [0.15, 0.2) is 5.96 Å².